The van der Waals surface area contributed by atoms with Crippen molar-refractivity contribution in [1.82, 2.24) is 9.97 Å². The maximum atomic E-state index is 4.97. The summed E-state index contributed by atoms with van der Waals surface area (Å²) < 4.78 is 0. The summed E-state index contributed by atoms with van der Waals surface area (Å²) in [5, 5.41) is 6.82. The first-order valence-electron chi connectivity index (χ1n) is 10.9. The van der Waals surface area contributed by atoms with Crippen molar-refractivity contribution in [3.63, 3.8) is 0 Å². The fourth-order valence-corrected chi connectivity index (χ4v) is 4.55. The highest BCUT2D eigenvalue weighted by Crippen LogP contribution is 2.42. The average molecular weight is 380 g/mol. The fraction of sp³-hybridized carbons (Fsp3) is 0.565. The third kappa shape index (κ3) is 4.23. The van der Waals surface area contributed by atoms with Gasteiger partial charge in [0.15, 0.2) is 0 Å². The first-order chi connectivity index (χ1) is 13.7. The third-order valence-electron chi connectivity index (χ3n) is 6.13. The van der Waals surface area contributed by atoms with Crippen molar-refractivity contribution in [2.75, 3.05) is 35.7 Å². The number of piperidine rings is 1. The molecule has 2 aliphatic rings. The largest absolute Gasteiger partial charge is 0.357 e. The van der Waals surface area contributed by atoms with Gasteiger partial charge in [-0.1, -0.05) is 37.0 Å². The zero-order valence-corrected chi connectivity index (χ0v) is 17.3. The molecule has 2 N–H and O–H groups in total. The predicted octanol–water partition coefficient (Wildman–Crippen LogP) is 5.61. The fourth-order valence-electron chi connectivity index (χ4n) is 4.55. The van der Waals surface area contributed by atoms with Crippen molar-refractivity contribution in [2.45, 2.75) is 64.2 Å². The Kier molecular flexibility index (Phi) is 5.98. The van der Waals surface area contributed by atoms with E-state index < -0.39 is 0 Å². The van der Waals surface area contributed by atoms with Gasteiger partial charge < -0.3 is 15.5 Å². The van der Waals surface area contributed by atoms with Crippen molar-refractivity contribution >= 4 is 23.3 Å². The highest BCUT2D eigenvalue weighted by atomic mass is 15.2. The summed E-state index contributed by atoms with van der Waals surface area (Å²) in [6, 6.07) is 8.58. The van der Waals surface area contributed by atoms with Crippen molar-refractivity contribution < 1.29 is 0 Å². The number of hydrogen-bond donors (Lipinski definition) is 2. The molecule has 1 saturated carbocycles. The Labute approximate surface area is 169 Å². The van der Waals surface area contributed by atoms with Gasteiger partial charge >= 0.3 is 0 Å². The highest BCUT2D eigenvalue weighted by Gasteiger charge is 2.28. The van der Waals surface area contributed by atoms with E-state index in [1.165, 1.54) is 62.5 Å². The van der Waals surface area contributed by atoms with Crippen LogP contribution >= 0.6 is 0 Å². The number of rotatable bonds is 5. The quantitative estimate of drug-likeness (QED) is 0.707. The van der Waals surface area contributed by atoms with Crippen LogP contribution in [-0.2, 0) is 0 Å². The minimum absolute atomic E-state index is 0.546. The summed E-state index contributed by atoms with van der Waals surface area (Å²) in [4.78, 5) is 12.3. The van der Waals surface area contributed by atoms with Gasteiger partial charge in [-0.05, 0) is 57.1 Å². The molecular formula is C23H33N5. The second kappa shape index (κ2) is 8.80. The molecule has 150 valence electrons. The molecule has 0 atom stereocenters. The lowest BCUT2D eigenvalue weighted by atomic mass is 9.84. The van der Waals surface area contributed by atoms with Crippen LogP contribution in [0.2, 0.25) is 0 Å². The lowest BCUT2D eigenvalue weighted by Crippen LogP contribution is -2.32. The van der Waals surface area contributed by atoms with Gasteiger partial charge in [0.1, 0.15) is 11.6 Å². The molecule has 1 saturated heterocycles. The monoisotopic (exact) mass is 379 g/mol. The van der Waals surface area contributed by atoms with E-state index in [0.717, 1.165) is 30.4 Å². The van der Waals surface area contributed by atoms with E-state index in [1.807, 2.05) is 7.05 Å². The van der Waals surface area contributed by atoms with Crippen LogP contribution in [0.1, 0.15) is 68.4 Å². The number of nitrogens with one attached hydrogen (secondary N) is 2. The smallest absolute Gasteiger partial charge is 0.226 e. The number of nitrogens with zero attached hydrogens (tertiary/aromatic N) is 3. The average Bonchev–Trinajstić information content (AvgIpc) is 2.76. The van der Waals surface area contributed by atoms with Gasteiger partial charge in [-0.25, -0.2) is 0 Å². The standard InChI is InChI=1S/C23H33N5/c1-17-11-13-19(14-12-17)25-21-20(18-9-5-3-6-10-18)22(27-23(24-2)26-21)28-15-7-4-8-16-28/h11-14,18H,3-10,15-16H2,1-2H3,(H2,24,25,26,27). The topological polar surface area (TPSA) is 53.1 Å². The zero-order chi connectivity index (χ0) is 19.3. The molecule has 2 heterocycles. The summed E-state index contributed by atoms with van der Waals surface area (Å²) in [5.74, 6) is 3.38. The lowest BCUT2D eigenvalue weighted by Gasteiger charge is -2.33. The zero-order valence-electron chi connectivity index (χ0n) is 17.3. The maximum Gasteiger partial charge on any atom is 0.226 e. The molecule has 0 radical (unpaired) electrons. The Morgan fingerprint density at radius 2 is 1.57 bits per heavy atom. The van der Waals surface area contributed by atoms with Crippen molar-refractivity contribution in [2.24, 2.45) is 0 Å². The summed E-state index contributed by atoms with van der Waals surface area (Å²) >= 11 is 0. The number of aryl methyl sites for hydroxylation is 1. The van der Waals surface area contributed by atoms with Gasteiger partial charge in [0.05, 0.1) is 0 Å². The van der Waals surface area contributed by atoms with Gasteiger partial charge in [-0.3, -0.25) is 0 Å². The molecule has 0 bridgehead atoms. The third-order valence-corrected chi connectivity index (χ3v) is 6.13. The lowest BCUT2D eigenvalue weighted by molar-refractivity contribution is 0.441. The molecule has 1 aromatic heterocycles. The van der Waals surface area contributed by atoms with Crippen LogP contribution in [0.15, 0.2) is 24.3 Å². The van der Waals surface area contributed by atoms with Gasteiger partial charge in [0.2, 0.25) is 5.95 Å². The Morgan fingerprint density at radius 3 is 2.25 bits per heavy atom. The summed E-state index contributed by atoms with van der Waals surface area (Å²) in [7, 11) is 1.91. The van der Waals surface area contributed by atoms with Gasteiger partial charge in [-0.15, -0.1) is 0 Å². The molecule has 2 aromatic rings. The molecule has 1 aliphatic carbocycles. The van der Waals surface area contributed by atoms with Gasteiger partial charge in [0, 0.05) is 31.4 Å². The van der Waals surface area contributed by atoms with Crippen LogP contribution in [0.5, 0.6) is 0 Å². The van der Waals surface area contributed by atoms with Crippen molar-refractivity contribution in [3.05, 3.63) is 35.4 Å². The Hall–Kier alpha value is -2.30. The van der Waals surface area contributed by atoms with E-state index >= 15 is 0 Å². The number of hydrogen-bond acceptors (Lipinski definition) is 5. The molecule has 5 nitrogen and oxygen atoms in total. The summed E-state index contributed by atoms with van der Waals surface area (Å²) in [5.41, 5.74) is 3.69. The normalized spacial score (nSPS) is 18.1. The number of aromatic nitrogens is 2. The van der Waals surface area contributed by atoms with Gasteiger partial charge in [0.25, 0.3) is 0 Å². The molecule has 0 unspecified atom stereocenters. The molecule has 2 fully saturated rings. The second-order valence-corrected chi connectivity index (χ2v) is 8.26. The molecular weight excluding hydrogens is 346 g/mol. The van der Waals surface area contributed by atoms with E-state index in [-0.39, 0.29) is 0 Å². The van der Waals surface area contributed by atoms with Crippen molar-refractivity contribution in [3.8, 4) is 0 Å². The Balaban J connectivity index is 1.77. The van der Waals surface area contributed by atoms with Crippen molar-refractivity contribution in [1.29, 1.82) is 0 Å². The van der Waals surface area contributed by atoms with Crippen LogP contribution in [-0.4, -0.2) is 30.1 Å². The van der Waals surface area contributed by atoms with E-state index in [4.69, 9.17) is 9.97 Å². The number of anilines is 4. The predicted molar refractivity (Wildman–Crippen MR) is 118 cm³/mol. The summed E-state index contributed by atoms with van der Waals surface area (Å²) in [6.07, 6.45) is 10.3. The van der Waals surface area contributed by atoms with E-state index in [1.54, 1.807) is 0 Å². The molecule has 5 heteroatoms. The second-order valence-electron chi connectivity index (χ2n) is 8.26. The molecule has 0 amide bonds. The van der Waals surface area contributed by atoms with Crippen LogP contribution in [0, 0.1) is 6.92 Å². The van der Waals surface area contributed by atoms with E-state index in [0.29, 0.717) is 11.9 Å². The van der Waals surface area contributed by atoms with Crippen LogP contribution in [0.3, 0.4) is 0 Å². The first-order valence-corrected chi connectivity index (χ1v) is 10.9. The molecule has 28 heavy (non-hydrogen) atoms. The Morgan fingerprint density at radius 1 is 0.893 bits per heavy atom. The minimum Gasteiger partial charge on any atom is -0.357 e. The molecule has 0 spiro atoms. The summed E-state index contributed by atoms with van der Waals surface area (Å²) in [6.45, 7) is 4.32. The molecule has 1 aromatic carbocycles. The Bertz CT molecular complexity index is 774. The van der Waals surface area contributed by atoms with E-state index in [9.17, 15) is 0 Å². The SMILES string of the molecule is CNc1nc(Nc2ccc(C)cc2)c(C2CCCCC2)c(N2CCCCC2)n1. The maximum absolute atomic E-state index is 4.97. The minimum atomic E-state index is 0.546. The molecule has 1 aliphatic heterocycles. The number of benzene rings is 1. The van der Waals surface area contributed by atoms with Gasteiger partial charge in [-0.2, -0.15) is 9.97 Å². The van der Waals surface area contributed by atoms with Crippen LogP contribution < -0.4 is 15.5 Å². The van der Waals surface area contributed by atoms with Crippen LogP contribution in [0.4, 0.5) is 23.3 Å². The highest BCUT2D eigenvalue weighted by molar-refractivity contribution is 5.69. The van der Waals surface area contributed by atoms with E-state index in [2.05, 4.69) is 46.7 Å². The molecule has 4 rings (SSSR count). The first kappa shape index (κ1) is 19.0. The van der Waals surface area contributed by atoms with Crippen LogP contribution in [0.25, 0.3) is 0 Å².